The quantitative estimate of drug-likeness (QED) is 0.554. The molecule has 0 spiro atoms. The number of sulfone groups is 1. The average molecular weight is 476 g/mol. The molecule has 12 heteroatoms. The minimum absolute atomic E-state index is 0.00399. The number of nitrogens with zero attached hydrogens (tertiary/aromatic N) is 3. The molecule has 2 atom stereocenters. The van der Waals surface area contributed by atoms with Crippen molar-refractivity contribution in [2.45, 2.75) is 41.7 Å². The highest BCUT2D eigenvalue weighted by atomic mass is 32.2. The zero-order chi connectivity index (χ0) is 22.3. The monoisotopic (exact) mass is 475 g/mol. The molecule has 166 valence electrons. The normalized spacial score (nSPS) is 20.0. The van der Waals surface area contributed by atoms with Gasteiger partial charge in [-0.15, -0.1) is 0 Å². The van der Waals surface area contributed by atoms with Crippen LogP contribution in [0.3, 0.4) is 0 Å². The molecule has 1 aliphatic rings. The number of oxazole rings is 1. The van der Waals surface area contributed by atoms with E-state index >= 15 is 0 Å². The summed E-state index contributed by atoms with van der Waals surface area (Å²) in [5, 5.41) is -0.286. The Hall–Kier alpha value is -1.63. The second-order valence-electron chi connectivity index (χ2n) is 7.34. The fourth-order valence-electron chi connectivity index (χ4n) is 3.36. The second-order valence-corrected chi connectivity index (χ2v) is 13.0. The highest BCUT2D eigenvalue weighted by Crippen LogP contribution is 2.30. The van der Waals surface area contributed by atoms with Gasteiger partial charge in [-0.25, -0.2) is 26.1 Å². The number of carbonyl (C=O) groups is 1. The summed E-state index contributed by atoms with van der Waals surface area (Å²) in [5.41, 5.74) is 0.804. The molecule has 0 bridgehead atoms. The van der Waals surface area contributed by atoms with Gasteiger partial charge in [-0.2, -0.15) is 0 Å². The van der Waals surface area contributed by atoms with Crippen LogP contribution < -0.4 is 0 Å². The van der Waals surface area contributed by atoms with Crippen LogP contribution in [0.4, 0.5) is 0 Å². The molecule has 0 radical (unpaired) electrons. The first-order chi connectivity index (χ1) is 13.9. The number of sulfonamides is 1. The van der Waals surface area contributed by atoms with E-state index in [1.165, 1.54) is 32.3 Å². The van der Waals surface area contributed by atoms with E-state index in [0.717, 1.165) is 16.1 Å². The van der Waals surface area contributed by atoms with Crippen molar-refractivity contribution < 1.29 is 26.0 Å². The predicted octanol–water partition coefficient (Wildman–Crippen LogP) is 1.59. The molecule has 1 aliphatic heterocycles. The van der Waals surface area contributed by atoms with Gasteiger partial charge in [0, 0.05) is 26.7 Å². The maximum atomic E-state index is 12.9. The van der Waals surface area contributed by atoms with Gasteiger partial charge >= 0.3 is 0 Å². The molecule has 1 fully saturated rings. The van der Waals surface area contributed by atoms with E-state index in [-0.39, 0.29) is 33.6 Å². The van der Waals surface area contributed by atoms with Gasteiger partial charge < -0.3 is 9.32 Å². The number of thioether (sulfide) groups is 1. The lowest BCUT2D eigenvalue weighted by atomic mass is 10.2. The number of aromatic nitrogens is 1. The number of benzene rings is 1. The molecule has 1 aromatic carbocycles. The van der Waals surface area contributed by atoms with Crippen LogP contribution in [-0.2, 0) is 24.7 Å². The molecule has 0 saturated carbocycles. The molecule has 1 aromatic heterocycles. The van der Waals surface area contributed by atoms with Gasteiger partial charge in [-0.05, 0) is 38.5 Å². The van der Waals surface area contributed by atoms with E-state index in [4.69, 9.17) is 4.42 Å². The smallest absolute Gasteiger partial charge is 0.257 e. The number of amides is 1. The minimum Gasteiger partial charge on any atom is -0.431 e. The van der Waals surface area contributed by atoms with E-state index in [9.17, 15) is 21.6 Å². The van der Waals surface area contributed by atoms with Crippen molar-refractivity contribution in [1.82, 2.24) is 14.2 Å². The molecule has 1 amide bonds. The lowest BCUT2D eigenvalue weighted by Crippen LogP contribution is -2.44. The number of hydrogen-bond acceptors (Lipinski definition) is 8. The van der Waals surface area contributed by atoms with E-state index in [0.29, 0.717) is 24.1 Å². The minimum atomic E-state index is -3.59. The largest absolute Gasteiger partial charge is 0.431 e. The Morgan fingerprint density at radius 2 is 2.07 bits per heavy atom. The fraction of sp³-hybridized carbons (Fsp3) is 0.556. The summed E-state index contributed by atoms with van der Waals surface area (Å²) in [5.74, 6) is -0.0786. The third-order valence-electron chi connectivity index (χ3n) is 5.02. The van der Waals surface area contributed by atoms with E-state index < -0.39 is 25.1 Å². The molecule has 0 N–H and O–H groups in total. The lowest BCUT2D eigenvalue weighted by molar-refractivity contribution is -0.131. The number of hydrogen-bond donors (Lipinski definition) is 0. The van der Waals surface area contributed by atoms with Crippen molar-refractivity contribution in [1.29, 1.82) is 0 Å². The van der Waals surface area contributed by atoms with Gasteiger partial charge in [0.2, 0.25) is 15.9 Å². The van der Waals surface area contributed by atoms with E-state index in [1.807, 2.05) is 6.92 Å². The third-order valence-corrected chi connectivity index (χ3v) is 9.51. The SMILES string of the molecule is CCN(C(=O)[C@@H](C)Sc1nc2cc(S(=O)(=O)N(C)C)ccc2o1)[C@@H]1CCS(=O)(=O)C1. The first-order valence-corrected chi connectivity index (χ1v) is 13.6. The summed E-state index contributed by atoms with van der Waals surface area (Å²) in [4.78, 5) is 18.9. The van der Waals surface area contributed by atoms with Crippen molar-refractivity contribution in [3.8, 4) is 0 Å². The van der Waals surface area contributed by atoms with Crippen LogP contribution in [0.1, 0.15) is 20.3 Å². The number of carbonyl (C=O) groups excluding carboxylic acids is 1. The molecule has 30 heavy (non-hydrogen) atoms. The molecule has 1 saturated heterocycles. The zero-order valence-electron chi connectivity index (χ0n) is 17.2. The summed E-state index contributed by atoms with van der Waals surface area (Å²) < 4.78 is 54.9. The van der Waals surface area contributed by atoms with Crippen molar-refractivity contribution in [2.75, 3.05) is 32.1 Å². The average Bonchev–Trinajstić information content (AvgIpc) is 3.23. The number of rotatable bonds is 7. The van der Waals surface area contributed by atoms with Gasteiger partial charge in [-0.1, -0.05) is 11.8 Å². The second kappa shape index (κ2) is 8.48. The molecular formula is C18H25N3O6S3. The zero-order valence-corrected chi connectivity index (χ0v) is 19.7. The molecule has 3 rings (SSSR count). The molecule has 2 heterocycles. The van der Waals surface area contributed by atoms with Crippen LogP contribution in [0, 0.1) is 0 Å². The maximum Gasteiger partial charge on any atom is 0.257 e. The summed E-state index contributed by atoms with van der Waals surface area (Å²) in [7, 11) is -3.79. The van der Waals surface area contributed by atoms with Crippen molar-refractivity contribution in [3.05, 3.63) is 18.2 Å². The van der Waals surface area contributed by atoms with Crippen LogP contribution in [0.2, 0.25) is 0 Å². The van der Waals surface area contributed by atoms with Crippen molar-refractivity contribution in [2.24, 2.45) is 0 Å². The van der Waals surface area contributed by atoms with Crippen LogP contribution in [0.15, 0.2) is 32.7 Å². The summed E-state index contributed by atoms with van der Waals surface area (Å²) >= 11 is 1.12. The Bertz CT molecular complexity index is 1160. The van der Waals surface area contributed by atoms with E-state index in [1.54, 1.807) is 11.8 Å². The summed E-state index contributed by atoms with van der Waals surface area (Å²) in [6, 6.07) is 4.12. The summed E-state index contributed by atoms with van der Waals surface area (Å²) in [6.07, 6.45) is 0.450. The first kappa shape index (κ1) is 23.0. The Kier molecular flexibility index (Phi) is 6.51. The van der Waals surface area contributed by atoms with Gasteiger partial charge in [0.15, 0.2) is 15.4 Å². The van der Waals surface area contributed by atoms with E-state index in [2.05, 4.69) is 4.98 Å². The molecule has 9 nitrogen and oxygen atoms in total. The third kappa shape index (κ3) is 4.66. The molecule has 2 aromatic rings. The Morgan fingerprint density at radius 3 is 2.63 bits per heavy atom. The first-order valence-electron chi connectivity index (χ1n) is 9.45. The Morgan fingerprint density at radius 1 is 1.37 bits per heavy atom. The number of fused-ring (bicyclic) bond motifs is 1. The molecule has 0 aliphatic carbocycles. The topological polar surface area (TPSA) is 118 Å². The van der Waals surface area contributed by atoms with Crippen LogP contribution in [0.5, 0.6) is 0 Å². The van der Waals surface area contributed by atoms with Crippen LogP contribution in [-0.4, -0.2) is 80.4 Å². The van der Waals surface area contributed by atoms with Gasteiger partial charge in [-0.3, -0.25) is 4.79 Å². The van der Waals surface area contributed by atoms with Gasteiger partial charge in [0.25, 0.3) is 5.22 Å². The lowest BCUT2D eigenvalue weighted by Gasteiger charge is -2.28. The Labute approximate surface area is 180 Å². The van der Waals surface area contributed by atoms with Crippen LogP contribution >= 0.6 is 11.8 Å². The maximum absolute atomic E-state index is 12.9. The van der Waals surface area contributed by atoms with Gasteiger partial charge in [0.05, 0.1) is 21.7 Å². The van der Waals surface area contributed by atoms with Crippen molar-refractivity contribution in [3.63, 3.8) is 0 Å². The fourth-order valence-corrected chi connectivity index (χ4v) is 6.84. The van der Waals surface area contributed by atoms with Crippen LogP contribution in [0.25, 0.3) is 11.1 Å². The Balaban J connectivity index is 1.77. The highest BCUT2D eigenvalue weighted by molar-refractivity contribution is 8.00. The molecule has 0 unspecified atom stereocenters. The highest BCUT2D eigenvalue weighted by Gasteiger charge is 2.35. The van der Waals surface area contributed by atoms with Crippen molar-refractivity contribution >= 4 is 48.6 Å². The standard InChI is InChI=1S/C18H25N3O6S3/c1-5-21(13-8-9-29(23,24)11-13)17(22)12(2)28-18-19-15-10-14(6-7-16(15)27-18)30(25,26)20(3)4/h6-7,10,12-13H,5,8-9,11H2,1-4H3/t12-,13-/m1/s1. The predicted molar refractivity (Wildman–Crippen MR) is 115 cm³/mol. The summed E-state index contributed by atoms with van der Waals surface area (Å²) in [6.45, 7) is 3.96. The molecular weight excluding hydrogens is 450 g/mol. The van der Waals surface area contributed by atoms with Gasteiger partial charge in [0.1, 0.15) is 5.52 Å².